The summed E-state index contributed by atoms with van der Waals surface area (Å²) in [5.74, 6) is 0.974. The van der Waals surface area contributed by atoms with Gasteiger partial charge >= 0.3 is 0 Å². The van der Waals surface area contributed by atoms with Crippen LogP contribution >= 0.6 is 0 Å². The van der Waals surface area contributed by atoms with E-state index in [4.69, 9.17) is 0 Å². The van der Waals surface area contributed by atoms with Crippen molar-refractivity contribution in [3.63, 3.8) is 0 Å². The van der Waals surface area contributed by atoms with Crippen molar-refractivity contribution in [3.8, 4) is 0 Å². The fraction of sp³-hybridized carbons (Fsp3) is 0.923. The predicted octanol–water partition coefficient (Wildman–Crippen LogP) is 0.587. The second-order valence-electron chi connectivity index (χ2n) is 5.55. The summed E-state index contributed by atoms with van der Waals surface area (Å²) in [6, 6.07) is 0.267. The molecule has 4 nitrogen and oxygen atoms in total. The second kappa shape index (κ2) is 6.36. The van der Waals surface area contributed by atoms with E-state index in [1.807, 2.05) is 0 Å². The van der Waals surface area contributed by atoms with Crippen LogP contribution in [0.4, 0.5) is 0 Å². The lowest BCUT2D eigenvalue weighted by Gasteiger charge is -2.21. The smallest absolute Gasteiger partial charge is 0.234 e. The van der Waals surface area contributed by atoms with Crippen LogP contribution in [0.5, 0.6) is 0 Å². The van der Waals surface area contributed by atoms with Crippen molar-refractivity contribution in [2.45, 2.75) is 38.6 Å². The number of amides is 1. The number of hydrogen-bond donors (Lipinski definition) is 2. The highest BCUT2D eigenvalue weighted by Gasteiger charge is 2.21. The molecule has 1 saturated heterocycles. The van der Waals surface area contributed by atoms with E-state index in [2.05, 4.69) is 22.5 Å². The molecule has 2 rings (SSSR count). The van der Waals surface area contributed by atoms with Gasteiger partial charge in [0.25, 0.3) is 0 Å². The number of nitrogens with one attached hydrogen (secondary N) is 2. The summed E-state index contributed by atoms with van der Waals surface area (Å²) in [6.07, 6.45) is 5.28. The van der Waals surface area contributed by atoms with Crippen LogP contribution in [0.3, 0.4) is 0 Å². The number of nitrogens with zero attached hydrogens (tertiary/aromatic N) is 1. The normalized spacial score (nSPS) is 22.6. The SMILES string of the molecule is CC(CN1CCCC1)NC(=O)CNCC1CC1. The largest absolute Gasteiger partial charge is 0.351 e. The first-order valence-electron chi connectivity index (χ1n) is 6.96. The van der Waals surface area contributed by atoms with Crippen LogP contribution in [-0.4, -0.2) is 49.6 Å². The molecule has 0 spiro atoms. The van der Waals surface area contributed by atoms with Crippen LogP contribution in [0.2, 0.25) is 0 Å². The lowest BCUT2D eigenvalue weighted by Crippen LogP contribution is -2.44. The van der Waals surface area contributed by atoms with E-state index in [1.54, 1.807) is 0 Å². The van der Waals surface area contributed by atoms with E-state index >= 15 is 0 Å². The molecule has 2 fully saturated rings. The van der Waals surface area contributed by atoms with Gasteiger partial charge in [-0.3, -0.25) is 4.79 Å². The van der Waals surface area contributed by atoms with E-state index in [1.165, 1.54) is 38.8 Å². The third kappa shape index (κ3) is 5.04. The Morgan fingerprint density at radius 1 is 1.35 bits per heavy atom. The predicted molar refractivity (Wildman–Crippen MR) is 68.9 cm³/mol. The van der Waals surface area contributed by atoms with Crippen LogP contribution in [0, 0.1) is 5.92 Å². The average molecular weight is 239 g/mol. The number of rotatable bonds is 7. The van der Waals surface area contributed by atoms with Crippen LogP contribution in [-0.2, 0) is 4.79 Å². The number of carbonyl (C=O) groups excluding carboxylic acids is 1. The maximum atomic E-state index is 11.6. The van der Waals surface area contributed by atoms with Gasteiger partial charge in [-0.1, -0.05) is 0 Å². The molecule has 1 saturated carbocycles. The summed E-state index contributed by atoms with van der Waals surface area (Å²) < 4.78 is 0. The molecule has 17 heavy (non-hydrogen) atoms. The van der Waals surface area contributed by atoms with Crippen LogP contribution in [0.15, 0.2) is 0 Å². The third-order valence-corrected chi connectivity index (χ3v) is 3.55. The van der Waals surface area contributed by atoms with Crippen molar-refractivity contribution in [1.82, 2.24) is 15.5 Å². The molecule has 0 bridgehead atoms. The Balaban J connectivity index is 1.52. The van der Waals surface area contributed by atoms with E-state index in [9.17, 15) is 4.79 Å². The van der Waals surface area contributed by atoms with Crippen molar-refractivity contribution in [1.29, 1.82) is 0 Å². The highest BCUT2D eigenvalue weighted by atomic mass is 16.1. The van der Waals surface area contributed by atoms with Crippen molar-refractivity contribution < 1.29 is 4.79 Å². The zero-order chi connectivity index (χ0) is 12.1. The van der Waals surface area contributed by atoms with Gasteiger partial charge in [-0.2, -0.15) is 0 Å². The van der Waals surface area contributed by atoms with E-state index < -0.39 is 0 Å². The van der Waals surface area contributed by atoms with Gasteiger partial charge in [-0.05, 0) is 58.2 Å². The van der Waals surface area contributed by atoms with Crippen LogP contribution < -0.4 is 10.6 Å². The second-order valence-corrected chi connectivity index (χ2v) is 5.55. The molecule has 1 heterocycles. The fourth-order valence-electron chi connectivity index (χ4n) is 2.44. The van der Waals surface area contributed by atoms with Gasteiger partial charge in [0.2, 0.25) is 5.91 Å². The molecular formula is C13H25N3O. The molecule has 1 amide bonds. The van der Waals surface area contributed by atoms with Crippen molar-refractivity contribution in [2.75, 3.05) is 32.7 Å². The lowest BCUT2D eigenvalue weighted by atomic mass is 10.3. The highest BCUT2D eigenvalue weighted by molar-refractivity contribution is 5.78. The zero-order valence-corrected chi connectivity index (χ0v) is 10.9. The Hall–Kier alpha value is -0.610. The minimum Gasteiger partial charge on any atom is -0.351 e. The minimum absolute atomic E-state index is 0.136. The van der Waals surface area contributed by atoms with Crippen molar-refractivity contribution in [2.24, 2.45) is 5.92 Å². The summed E-state index contributed by atoms with van der Waals surface area (Å²) >= 11 is 0. The summed E-state index contributed by atoms with van der Waals surface area (Å²) in [5, 5.41) is 6.28. The standard InChI is InChI=1S/C13H25N3O/c1-11(10-16-6-2-3-7-16)15-13(17)9-14-8-12-4-5-12/h11-12,14H,2-10H2,1H3,(H,15,17). The summed E-state index contributed by atoms with van der Waals surface area (Å²) in [4.78, 5) is 14.1. The molecule has 1 aliphatic carbocycles. The molecule has 0 radical (unpaired) electrons. The zero-order valence-electron chi connectivity index (χ0n) is 10.9. The molecule has 98 valence electrons. The molecule has 0 aromatic rings. The summed E-state index contributed by atoms with van der Waals surface area (Å²) in [6.45, 7) is 6.96. The molecular weight excluding hydrogens is 214 g/mol. The van der Waals surface area contributed by atoms with Gasteiger partial charge in [0.1, 0.15) is 0 Å². The number of hydrogen-bond acceptors (Lipinski definition) is 3. The van der Waals surface area contributed by atoms with E-state index in [0.717, 1.165) is 19.0 Å². The van der Waals surface area contributed by atoms with Crippen LogP contribution in [0.1, 0.15) is 32.6 Å². The summed E-state index contributed by atoms with van der Waals surface area (Å²) in [7, 11) is 0. The first-order valence-corrected chi connectivity index (χ1v) is 6.96. The Morgan fingerprint density at radius 2 is 2.06 bits per heavy atom. The van der Waals surface area contributed by atoms with Crippen molar-refractivity contribution in [3.05, 3.63) is 0 Å². The number of carbonyl (C=O) groups is 1. The summed E-state index contributed by atoms with van der Waals surface area (Å²) in [5.41, 5.74) is 0. The van der Waals surface area contributed by atoms with Gasteiger partial charge in [0.15, 0.2) is 0 Å². The molecule has 0 aromatic carbocycles. The Bertz CT molecular complexity index is 247. The minimum atomic E-state index is 0.136. The maximum Gasteiger partial charge on any atom is 0.234 e. The first-order chi connectivity index (χ1) is 8.24. The molecule has 0 aromatic heterocycles. The molecule has 1 atom stereocenters. The fourth-order valence-corrected chi connectivity index (χ4v) is 2.44. The topological polar surface area (TPSA) is 44.4 Å². The van der Waals surface area contributed by atoms with E-state index in [-0.39, 0.29) is 11.9 Å². The highest BCUT2D eigenvalue weighted by Crippen LogP contribution is 2.27. The third-order valence-electron chi connectivity index (χ3n) is 3.55. The molecule has 2 N–H and O–H groups in total. The Labute approximate surface area is 104 Å². The van der Waals surface area contributed by atoms with Gasteiger partial charge < -0.3 is 15.5 Å². The maximum absolute atomic E-state index is 11.6. The van der Waals surface area contributed by atoms with Crippen LogP contribution in [0.25, 0.3) is 0 Å². The molecule has 1 aliphatic heterocycles. The molecule has 1 unspecified atom stereocenters. The average Bonchev–Trinajstić information content (AvgIpc) is 2.95. The van der Waals surface area contributed by atoms with Crippen molar-refractivity contribution >= 4 is 5.91 Å². The van der Waals surface area contributed by atoms with E-state index in [0.29, 0.717) is 6.54 Å². The Morgan fingerprint density at radius 3 is 2.71 bits per heavy atom. The number of likely N-dealkylation sites (tertiary alicyclic amines) is 1. The lowest BCUT2D eigenvalue weighted by molar-refractivity contribution is -0.120. The monoisotopic (exact) mass is 239 g/mol. The first kappa shape index (κ1) is 12.8. The quantitative estimate of drug-likeness (QED) is 0.683. The molecule has 4 heteroatoms. The van der Waals surface area contributed by atoms with Gasteiger partial charge in [0, 0.05) is 12.6 Å². The van der Waals surface area contributed by atoms with Gasteiger partial charge in [-0.25, -0.2) is 0 Å². The van der Waals surface area contributed by atoms with Gasteiger partial charge in [0.05, 0.1) is 6.54 Å². The Kier molecular flexibility index (Phi) is 4.80. The van der Waals surface area contributed by atoms with Gasteiger partial charge in [-0.15, -0.1) is 0 Å². The molecule has 2 aliphatic rings.